The molecule has 0 aromatic carbocycles. The molecule has 1 N–H and O–H groups in total. The van der Waals surface area contributed by atoms with Gasteiger partial charge in [-0.3, -0.25) is 4.90 Å². The van der Waals surface area contributed by atoms with Crippen LogP contribution in [0, 0.1) is 5.92 Å². The molecule has 4 heteroatoms. The van der Waals surface area contributed by atoms with Crippen molar-refractivity contribution in [3.05, 3.63) is 16.1 Å². The van der Waals surface area contributed by atoms with E-state index < -0.39 is 0 Å². The highest BCUT2D eigenvalue weighted by Gasteiger charge is 2.19. The molecule has 1 aliphatic heterocycles. The van der Waals surface area contributed by atoms with Gasteiger partial charge < -0.3 is 5.32 Å². The van der Waals surface area contributed by atoms with Gasteiger partial charge in [-0.1, -0.05) is 6.92 Å². The molecule has 2 heterocycles. The molecule has 1 aliphatic rings. The molecule has 0 unspecified atom stereocenters. The molecule has 0 saturated carbocycles. The molecule has 1 fully saturated rings. The Morgan fingerprint density at radius 1 is 1.40 bits per heavy atom. The summed E-state index contributed by atoms with van der Waals surface area (Å²) in [6.45, 7) is 11.4. The molecule has 20 heavy (non-hydrogen) atoms. The van der Waals surface area contributed by atoms with Gasteiger partial charge in [-0.05, 0) is 58.5 Å². The number of rotatable bonds is 7. The summed E-state index contributed by atoms with van der Waals surface area (Å²) in [7, 11) is 0. The molecule has 0 aliphatic carbocycles. The zero-order valence-electron chi connectivity index (χ0n) is 13.2. The van der Waals surface area contributed by atoms with Crippen molar-refractivity contribution < 1.29 is 0 Å². The van der Waals surface area contributed by atoms with Gasteiger partial charge in [-0.2, -0.15) is 0 Å². The van der Waals surface area contributed by atoms with Crippen molar-refractivity contribution in [2.24, 2.45) is 5.92 Å². The molecule has 0 atom stereocenters. The van der Waals surface area contributed by atoms with E-state index in [2.05, 4.69) is 36.4 Å². The summed E-state index contributed by atoms with van der Waals surface area (Å²) < 4.78 is 0. The second-order valence-corrected chi connectivity index (χ2v) is 7.14. The van der Waals surface area contributed by atoms with Gasteiger partial charge in [0.25, 0.3) is 0 Å². The highest BCUT2D eigenvalue weighted by atomic mass is 32.1. The minimum Gasteiger partial charge on any atom is -0.317 e. The summed E-state index contributed by atoms with van der Waals surface area (Å²) >= 11 is 1.83. The van der Waals surface area contributed by atoms with Crippen LogP contribution in [0.4, 0.5) is 0 Å². The maximum absolute atomic E-state index is 4.78. The first-order valence-electron chi connectivity index (χ1n) is 8.07. The monoisotopic (exact) mass is 295 g/mol. The van der Waals surface area contributed by atoms with Gasteiger partial charge in [0.15, 0.2) is 0 Å². The van der Waals surface area contributed by atoms with Crippen LogP contribution in [0.15, 0.2) is 5.38 Å². The third-order valence-corrected chi connectivity index (χ3v) is 5.07. The molecular formula is C16H29N3S. The number of nitrogens with one attached hydrogen (secondary N) is 1. The van der Waals surface area contributed by atoms with Crippen LogP contribution in [-0.2, 0) is 13.0 Å². The zero-order chi connectivity index (χ0) is 14.4. The Morgan fingerprint density at radius 3 is 2.80 bits per heavy atom. The molecule has 114 valence electrons. The third kappa shape index (κ3) is 4.83. The quantitative estimate of drug-likeness (QED) is 0.836. The summed E-state index contributed by atoms with van der Waals surface area (Å²) in [5, 5.41) is 7.01. The van der Waals surface area contributed by atoms with Gasteiger partial charge in [-0.15, -0.1) is 11.3 Å². The van der Waals surface area contributed by atoms with Crippen LogP contribution >= 0.6 is 11.3 Å². The van der Waals surface area contributed by atoms with E-state index in [1.807, 2.05) is 11.3 Å². The molecule has 1 aromatic rings. The number of piperidine rings is 1. The van der Waals surface area contributed by atoms with Gasteiger partial charge in [-0.25, -0.2) is 4.98 Å². The van der Waals surface area contributed by atoms with Crippen LogP contribution in [0.2, 0.25) is 0 Å². The molecule has 2 rings (SSSR count). The van der Waals surface area contributed by atoms with Crippen LogP contribution < -0.4 is 5.32 Å². The van der Waals surface area contributed by atoms with Crippen molar-refractivity contribution in [2.45, 2.75) is 59.0 Å². The number of aromatic nitrogens is 1. The van der Waals surface area contributed by atoms with E-state index in [-0.39, 0.29) is 0 Å². The summed E-state index contributed by atoms with van der Waals surface area (Å²) in [6, 6.07) is 0.598. The zero-order valence-corrected chi connectivity index (χ0v) is 14.0. The molecule has 1 saturated heterocycles. The largest absolute Gasteiger partial charge is 0.317 e. The maximum atomic E-state index is 4.78. The van der Waals surface area contributed by atoms with Crippen molar-refractivity contribution >= 4 is 11.3 Å². The van der Waals surface area contributed by atoms with E-state index in [1.165, 1.54) is 49.6 Å². The second-order valence-electron chi connectivity index (χ2n) is 6.20. The summed E-state index contributed by atoms with van der Waals surface area (Å²) in [6.07, 6.45) is 4.96. The van der Waals surface area contributed by atoms with E-state index >= 15 is 0 Å². The van der Waals surface area contributed by atoms with Crippen molar-refractivity contribution in [2.75, 3.05) is 19.6 Å². The van der Waals surface area contributed by atoms with E-state index in [4.69, 9.17) is 4.98 Å². The fraction of sp³-hybridized carbons (Fsp3) is 0.812. The van der Waals surface area contributed by atoms with Crippen LogP contribution in [0.3, 0.4) is 0 Å². The van der Waals surface area contributed by atoms with Gasteiger partial charge in [0.1, 0.15) is 0 Å². The molecule has 0 radical (unpaired) electrons. The third-order valence-electron chi connectivity index (χ3n) is 4.11. The van der Waals surface area contributed by atoms with Crippen molar-refractivity contribution in [3.63, 3.8) is 0 Å². The van der Waals surface area contributed by atoms with Gasteiger partial charge >= 0.3 is 0 Å². The molecule has 0 bridgehead atoms. The first kappa shape index (κ1) is 15.9. The summed E-state index contributed by atoms with van der Waals surface area (Å²) in [5.74, 6) is 0.854. The Bertz CT molecular complexity index is 383. The molecular weight excluding hydrogens is 266 g/mol. The van der Waals surface area contributed by atoms with Gasteiger partial charge in [0.05, 0.1) is 10.7 Å². The summed E-state index contributed by atoms with van der Waals surface area (Å²) in [4.78, 5) is 7.38. The van der Waals surface area contributed by atoms with Gasteiger partial charge in [0.2, 0.25) is 0 Å². The lowest BCUT2D eigenvalue weighted by atomic mass is 9.97. The van der Waals surface area contributed by atoms with E-state index in [0.717, 1.165) is 18.9 Å². The lowest BCUT2D eigenvalue weighted by Crippen LogP contribution is -2.39. The highest BCUT2D eigenvalue weighted by molar-refractivity contribution is 7.09. The number of hydrogen-bond acceptors (Lipinski definition) is 4. The van der Waals surface area contributed by atoms with Crippen molar-refractivity contribution in [1.29, 1.82) is 0 Å². The van der Waals surface area contributed by atoms with Crippen molar-refractivity contribution in [1.82, 2.24) is 15.2 Å². The molecule has 3 nitrogen and oxygen atoms in total. The minimum absolute atomic E-state index is 0.598. The molecule has 0 spiro atoms. The number of thiazole rings is 1. The first-order chi connectivity index (χ1) is 9.69. The van der Waals surface area contributed by atoms with Crippen molar-refractivity contribution in [3.8, 4) is 0 Å². The second kappa shape index (κ2) is 8.11. The fourth-order valence-electron chi connectivity index (χ4n) is 2.81. The predicted octanol–water partition coefficient (Wildman–Crippen LogP) is 3.31. The number of aryl methyl sites for hydroxylation is 1. The molecule has 0 amide bonds. The van der Waals surface area contributed by atoms with Gasteiger partial charge in [0, 0.05) is 24.5 Å². The van der Waals surface area contributed by atoms with E-state index in [9.17, 15) is 0 Å². The maximum Gasteiger partial charge on any atom is 0.0928 e. The van der Waals surface area contributed by atoms with Crippen LogP contribution in [0.25, 0.3) is 0 Å². The lowest BCUT2D eigenvalue weighted by molar-refractivity contribution is 0.160. The lowest BCUT2D eigenvalue weighted by Gasteiger charge is -2.32. The van der Waals surface area contributed by atoms with Crippen LogP contribution in [0.1, 0.15) is 50.7 Å². The average molecular weight is 295 g/mol. The summed E-state index contributed by atoms with van der Waals surface area (Å²) in [5.41, 5.74) is 1.26. The van der Waals surface area contributed by atoms with E-state index in [0.29, 0.717) is 6.04 Å². The number of hydrogen-bond donors (Lipinski definition) is 1. The SMILES string of the molecule is CCCc1nc(CN(CC2CCNCC2)C(C)C)cs1. The predicted molar refractivity (Wildman–Crippen MR) is 87.2 cm³/mol. The number of nitrogens with zero attached hydrogens (tertiary/aromatic N) is 2. The Balaban J connectivity index is 1.90. The molecule has 1 aromatic heterocycles. The van der Waals surface area contributed by atoms with Crippen LogP contribution in [0.5, 0.6) is 0 Å². The average Bonchev–Trinajstić information content (AvgIpc) is 2.87. The Hall–Kier alpha value is -0.450. The first-order valence-corrected chi connectivity index (χ1v) is 8.95. The highest BCUT2D eigenvalue weighted by Crippen LogP contribution is 2.19. The van der Waals surface area contributed by atoms with E-state index in [1.54, 1.807) is 0 Å². The Kier molecular flexibility index (Phi) is 6.46. The smallest absolute Gasteiger partial charge is 0.0928 e. The Labute approximate surface area is 127 Å². The Morgan fingerprint density at radius 2 is 2.15 bits per heavy atom. The normalized spacial score (nSPS) is 17.2. The standard InChI is InChI=1S/C16H29N3S/c1-4-5-16-18-15(12-20-16)11-19(13(2)3)10-14-6-8-17-9-7-14/h12-14,17H,4-11H2,1-3H3. The minimum atomic E-state index is 0.598. The fourth-order valence-corrected chi connectivity index (χ4v) is 3.70. The topological polar surface area (TPSA) is 28.2 Å². The van der Waals surface area contributed by atoms with Crippen LogP contribution in [-0.4, -0.2) is 35.6 Å².